The molecule has 0 bridgehead atoms. The SMILES string of the molecule is CCC(NC(C)c1cc(C)ccc1C)c1cccc(F)c1. The van der Waals surface area contributed by atoms with Crippen molar-refractivity contribution in [2.24, 2.45) is 0 Å². The van der Waals surface area contributed by atoms with Gasteiger partial charge < -0.3 is 5.32 Å². The van der Waals surface area contributed by atoms with Crippen LogP contribution in [0, 0.1) is 19.7 Å². The summed E-state index contributed by atoms with van der Waals surface area (Å²) in [5, 5.41) is 3.63. The lowest BCUT2D eigenvalue weighted by Crippen LogP contribution is -2.25. The second kappa shape index (κ2) is 6.86. The van der Waals surface area contributed by atoms with E-state index < -0.39 is 0 Å². The topological polar surface area (TPSA) is 12.0 Å². The third-order valence-electron chi connectivity index (χ3n) is 4.01. The Kier molecular flexibility index (Phi) is 5.13. The molecular weight excluding hydrogens is 261 g/mol. The van der Waals surface area contributed by atoms with Crippen LogP contribution in [0.1, 0.15) is 54.6 Å². The highest BCUT2D eigenvalue weighted by Crippen LogP contribution is 2.25. The van der Waals surface area contributed by atoms with Crippen molar-refractivity contribution in [3.63, 3.8) is 0 Å². The Morgan fingerprint density at radius 3 is 2.52 bits per heavy atom. The number of benzene rings is 2. The van der Waals surface area contributed by atoms with Gasteiger partial charge in [0.25, 0.3) is 0 Å². The molecule has 0 radical (unpaired) electrons. The lowest BCUT2D eigenvalue weighted by Gasteiger charge is -2.24. The van der Waals surface area contributed by atoms with Crippen molar-refractivity contribution in [3.05, 3.63) is 70.5 Å². The Labute approximate surface area is 127 Å². The van der Waals surface area contributed by atoms with Gasteiger partial charge in [-0.15, -0.1) is 0 Å². The maximum absolute atomic E-state index is 13.4. The zero-order valence-corrected chi connectivity index (χ0v) is 13.3. The number of aryl methyl sites for hydroxylation is 2. The summed E-state index contributed by atoms with van der Waals surface area (Å²) in [6.07, 6.45) is 0.929. The van der Waals surface area contributed by atoms with Gasteiger partial charge in [-0.25, -0.2) is 4.39 Å². The predicted molar refractivity (Wildman–Crippen MR) is 86.9 cm³/mol. The first-order valence-corrected chi connectivity index (χ1v) is 7.60. The highest BCUT2D eigenvalue weighted by molar-refractivity contribution is 5.33. The fraction of sp³-hybridized carbons (Fsp3) is 0.368. The van der Waals surface area contributed by atoms with Crippen LogP contribution in [-0.4, -0.2) is 0 Å². The van der Waals surface area contributed by atoms with Gasteiger partial charge in [0.1, 0.15) is 5.82 Å². The quantitative estimate of drug-likeness (QED) is 0.791. The summed E-state index contributed by atoms with van der Waals surface area (Å²) in [6, 6.07) is 13.8. The molecule has 21 heavy (non-hydrogen) atoms. The molecule has 0 amide bonds. The van der Waals surface area contributed by atoms with Crippen molar-refractivity contribution >= 4 is 0 Å². The summed E-state index contributed by atoms with van der Waals surface area (Å²) in [5.41, 5.74) is 4.87. The molecule has 2 heteroatoms. The van der Waals surface area contributed by atoms with Gasteiger partial charge in [-0.3, -0.25) is 0 Å². The Balaban J connectivity index is 2.20. The van der Waals surface area contributed by atoms with Gasteiger partial charge in [-0.2, -0.15) is 0 Å². The van der Waals surface area contributed by atoms with E-state index in [9.17, 15) is 4.39 Å². The minimum Gasteiger partial charge on any atom is -0.303 e. The van der Waals surface area contributed by atoms with E-state index in [1.54, 1.807) is 12.1 Å². The monoisotopic (exact) mass is 285 g/mol. The van der Waals surface area contributed by atoms with Gasteiger partial charge in [-0.1, -0.05) is 42.8 Å². The first-order chi connectivity index (χ1) is 10.0. The molecular formula is C19H24FN. The minimum atomic E-state index is -0.174. The number of hydrogen-bond acceptors (Lipinski definition) is 1. The van der Waals surface area contributed by atoms with Crippen LogP contribution >= 0.6 is 0 Å². The van der Waals surface area contributed by atoms with Gasteiger partial charge in [-0.05, 0) is 56.0 Å². The fourth-order valence-electron chi connectivity index (χ4n) is 2.79. The molecule has 1 nitrogen and oxygen atoms in total. The third-order valence-corrected chi connectivity index (χ3v) is 4.01. The summed E-state index contributed by atoms with van der Waals surface area (Å²) in [6.45, 7) is 8.54. The first kappa shape index (κ1) is 15.7. The molecule has 1 N–H and O–H groups in total. The molecule has 2 rings (SSSR count). The van der Waals surface area contributed by atoms with E-state index in [0.29, 0.717) is 0 Å². The van der Waals surface area contributed by atoms with E-state index in [2.05, 4.69) is 51.2 Å². The molecule has 112 valence electrons. The van der Waals surface area contributed by atoms with Crippen LogP contribution in [0.3, 0.4) is 0 Å². The van der Waals surface area contributed by atoms with Crippen molar-refractivity contribution in [2.45, 2.75) is 46.2 Å². The highest BCUT2D eigenvalue weighted by atomic mass is 19.1. The van der Waals surface area contributed by atoms with Gasteiger partial charge in [0.2, 0.25) is 0 Å². The third kappa shape index (κ3) is 3.92. The van der Waals surface area contributed by atoms with Crippen LogP contribution in [0.25, 0.3) is 0 Å². The van der Waals surface area contributed by atoms with Crippen molar-refractivity contribution < 1.29 is 4.39 Å². The molecule has 0 aliphatic rings. The van der Waals surface area contributed by atoms with Crippen LogP contribution in [-0.2, 0) is 0 Å². The van der Waals surface area contributed by atoms with Gasteiger partial charge >= 0.3 is 0 Å². The van der Waals surface area contributed by atoms with Crippen LogP contribution in [0.5, 0.6) is 0 Å². The lowest BCUT2D eigenvalue weighted by atomic mass is 9.97. The normalized spacial score (nSPS) is 14.0. The second-order valence-corrected chi connectivity index (χ2v) is 5.76. The molecule has 2 atom stereocenters. The number of halogens is 1. The molecule has 0 spiro atoms. The number of nitrogens with one attached hydrogen (secondary N) is 1. The maximum Gasteiger partial charge on any atom is 0.123 e. The summed E-state index contributed by atoms with van der Waals surface area (Å²) < 4.78 is 13.4. The van der Waals surface area contributed by atoms with Crippen molar-refractivity contribution in [3.8, 4) is 0 Å². The molecule has 0 heterocycles. The van der Waals surface area contributed by atoms with Gasteiger partial charge in [0.05, 0.1) is 0 Å². The fourth-order valence-corrected chi connectivity index (χ4v) is 2.79. The molecule has 0 aliphatic carbocycles. The summed E-state index contributed by atoms with van der Waals surface area (Å²) in [7, 11) is 0. The van der Waals surface area contributed by atoms with Crippen molar-refractivity contribution in [1.29, 1.82) is 0 Å². The molecule has 2 aromatic carbocycles. The van der Waals surface area contributed by atoms with E-state index >= 15 is 0 Å². The molecule has 0 aliphatic heterocycles. The van der Waals surface area contributed by atoms with Crippen molar-refractivity contribution in [1.82, 2.24) is 5.32 Å². The zero-order chi connectivity index (χ0) is 15.4. The van der Waals surface area contributed by atoms with E-state index in [0.717, 1.165) is 12.0 Å². The van der Waals surface area contributed by atoms with Crippen LogP contribution < -0.4 is 5.32 Å². The Bertz CT molecular complexity index is 606. The second-order valence-electron chi connectivity index (χ2n) is 5.76. The Morgan fingerprint density at radius 2 is 1.86 bits per heavy atom. The van der Waals surface area contributed by atoms with E-state index in [4.69, 9.17) is 0 Å². The van der Waals surface area contributed by atoms with Crippen LogP contribution in [0.4, 0.5) is 4.39 Å². The summed E-state index contributed by atoms with van der Waals surface area (Å²) in [5.74, 6) is -0.174. The first-order valence-electron chi connectivity index (χ1n) is 7.60. The molecule has 0 fully saturated rings. The van der Waals surface area contributed by atoms with E-state index in [1.807, 2.05) is 6.07 Å². The highest BCUT2D eigenvalue weighted by Gasteiger charge is 2.15. The Hall–Kier alpha value is -1.67. The van der Waals surface area contributed by atoms with Crippen LogP contribution in [0.2, 0.25) is 0 Å². The summed E-state index contributed by atoms with van der Waals surface area (Å²) in [4.78, 5) is 0. The zero-order valence-electron chi connectivity index (χ0n) is 13.3. The minimum absolute atomic E-state index is 0.163. The molecule has 2 unspecified atom stereocenters. The van der Waals surface area contributed by atoms with E-state index in [1.165, 1.54) is 22.8 Å². The summed E-state index contributed by atoms with van der Waals surface area (Å²) >= 11 is 0. The molecule has 0 saturated heterocycles. The lowest BCUT2D eigenvalue weighted by molar-refractivity contribution is 0.453. The largest absolute Gasteiger partial charge is 0.303 e. The van der Waals surface area contributed by atoms with Gasteiger partial charge in [0, 0.05) is 12.1 Å². The average Bonchev–Trinajstić information content (AvgIpc) is 2.47. The smallest absolute Gasteiger partial charge is 0.123 e. The molecule has 2 aromatic rings. The average molecular weight is 285 g/mol. The maximum atomic E-state index is 13.4. The van der Waals surface area contributed by atoms with Crippen molar-refractivity contribution in [2.75, 3.05) is 0 Å². The van der Waals surface area contributed by atoms with Crippen LogP contribution in [0.15, 0.2) is 42.5 Å². The van der Waals surface area contributed by atoms with Gasteiger partial charge in [0.15, 0.2) is 0 Å². The number of hydrogen-bond donors (Lipinski definition) is 1. The number of rotatable bonds is 5. The predicted octanol–water partition coefficient (Wildman–Crippen LogP) is 5.24. The Morgan fingerprint density at radius 1 is 1.10 bits per heavy atom. The molecule has 0 saturated carbocycles. The standard InChI is InChI=1S/C19H24FN/c1-5-19(16-7-6-8-17(20)12-16)21-15(4)18-11-13(2)9-10-14(18)3/h6-12,15,19,21H,5H2,1-4H3. The van der Waals surface area contributed by atoms with E-state index in [-0.39, 0.29) is 17.9 Å². The molecule has 0 aromatic heterocycles.